The SMILES string of the molecule is O=CC(c1ccc(CO)cc1)(C1CCCCC1)C1CCCC1. The fraction of sp³-hybridized carbons (Fsp3) is 0.650. The van der Waals surface area contributed by atoms with Gasteiger partial charge in [0, 0.05) is 0 Å². The van der Waals surface area contributed by atoms with Crippen LogP contribution in [0.25, 0.3) is 0 Å². The number of aldehydes is 1. The number of aliphatic hydroxyl groups excluding tert-OH is 1. The van der Waals surface area contributed by atoms with Crippen LogP contribution in [-0.2, 0) is 16.8 Å². The minimum Gasteiger partial charge on any atom is -0.392 e. The summed E-state index contributed by atoms with van der Waals surface area (Å²) >= 11 is 0. The molecule has 2 heteroatoms. The lowest BCUT2D eigenvalue weighted by Gasteiger charge is -2.43. The number of hydrogen-bond acceptors (Lipinski definition) is 2. The summed E-state index contributed by atoms with van der Waals surface area (Å²) in [6.07, 6.45) is 12.4. The molecule has 2 saturated carbocycles. The van der Waals surface area contributed by atoms with Crippen LogP contribution in [0.4, 0.5) is 0 Å². The predicted octanol–water partition coefficient (Wildman–Crippen LogP) is 4.39. The van der Waals surface area contributed by atoms with Crippen molar-refractivity contribution in [2.45, 2.75) is 69.8 Å². The highest BCUT2D eigenvalue weighted by molar-refractivity contribution is 5.70. The smallest absolute Gasteiger partial charge is 0.131 e. The molecule has 0 aliphatic heterocycles. The van der Waals surface area contributed by atoms with Gasteiger partial charge < -0.3 is 9.90 Å². The van der Waals surface area contributed by atoms with Gasteiger partial charge in [-0.15, -0.1) is 0 Å². The van der Waals surface area contributed by atoms with Gasteiger partial charge in [-0.2, -0.15) is 0 Å². The first-order valence-corrected chi connectivity index (χ1v) is 8.98. The molecule has 2 aliphatic rings. The fourth-order valence-corrected chi connectivity index (χ4v) is 4.95. The summed E-state index contributed by atoms with van der Waals surface area (Å²) in [6, 6.07) is 8.19. The molecule has 0 aromatic heterocycles. The second-order valence-corrected chi connectivity index (χ2v) is 7.22. The Kier molecular flexibility index (Phi) is 4.97. The van der Waals surface area contributed by atoms with E-state index in [1.807, 2.05) is 12.1 Å². The monoisotopic (exact) mass is 300 g/mol. The van der Waals surface area contributed by atoms with E-state index in [0.717, 1.165) is 5.56 Å². The first-order valence-electron chi connectivity index (χ1n) is 8.98. The Hall–Kier alpha value is -1.15. The van der Waals surface area contributed by atoms with Crippen molar-refractivity contribution in [1.29, 1.82) is 0 Å². The van der Waals surface area contributed by atoms with Crippen LogP contribution in [0, 0.1) is 11.8 Å². The molecule has 0 heterocycles. The van der Waals surface area contributed by atoms with Gasteiger partial charge in [0.15, 0.2) is 0 Å². The van der Waals surface area contributed by atoms with Crippen LogP contribution in [0.15, 0.2) is 24.3 Å². The third kappa shape index (κ3) is 2.74. The molecule has 2 fully saturated rings. The van der Waals surface area contributed by atoms with Crippen molar-refractivity contribution >= 4 is 6.29 Å². The van der Waals surface area contributed by atoms with Crippen LogP contribution in [0.1, 0.15) is 68.9 Å². The average Bonchev–Trinajstić information content (AvgIpc) is 3.13. The summed E-state index contributed by atoms with van der Waals surface area (Å²) in [6.45, 7) is 0.0707. The molecule has 1 N–H and O–H groups in total. The van der Waals surface area contributed by atoms with Crippen molar-refractivity contribution in [2.24, 2.45) is 11.8 Å². The zero-order chi connectivity index (χ0) is 15.4. The van der Waals surface area contributed by atoms with E-state index in [0.29, 0.717) is 11.8 Å². The van der Waals surface area contributed by atoms with E-state index >= 15 is 0 Å². The van der Waals surface area contributed by atoms with Crippen LogP contribution in [0.3, 0.4) is 0 Å². The predicted molar refractivity (Wildman–Crippen MR) is 88.6 cm³/mol. The highest BCUT2D eigenvalue weighted by Gasteiger charge is 2.47. The highest BCUT2D eigenvalue weighted by atomic mass is 16.3. The fourth-order valence-electron chi connectivity index (χ4n) is 4.95. The van der Waals surface area contributed by atoms with Crippen molar-refractivity contribution in [1.82, 2.24) is 0 Å². The minimum atomic E-state index is -0.287. The summed E-state index contributed by atoms with van der Waals surface area (Å²) in [7, 11) is 0. The molecule has 0 radical (unpaired) electrons. The van der Waals surface area contributed by atoms with Crippen LogP contribution in [0.2, 0.25) is 0 Å². The average molecular weight is 300 g/mol. The molecule has 3 rings (SSSR count). The largest absolute Gasteiger partial charge is 0.392 e. The normalized spacial score (nSPS) is 23.3. The topological polar surface area (TPSA) is 37.3 Å². The Balaban J connectivity index is 2.00. The molecular weight excluding hydrogens is 272 g/mol. The van der Waals surface area contributed by atoms with Gasteiger partial charge in [0.25, 0.3) is 0 Å². The molecule has 1 aromatic rings. The van der Waals surface area contributed by atoms with Crippen molar-refractivity contribution in [3.63, 3.8) is 0 Å². The lowest BCUT2D eigenvalue weighted by atomic mass is 9.59. The van der Waals surface area contributed by atoms with Crippen molar-refractivity contribution < 1.29 is 9.90 Å². The van der Waals surface area contributed by atoms with E-state index in [1.165, 1.54) is 69.6 Å². The summed E-state index contributed by atoms with van der Waals surface area (Å²) in [4.78, 5) is 12.4. The third-order valence-electron chi connectivity index (χ3n) is 6.14. The van der Waals surface area contributed by atoms with Crippen LogP contribution in [0.5, 0.6) is 0 Å². The summed E-state index contributed by atoms with van der Waals surface area (Å²) in [5.41, 5.74) is 1.84. The van der Waals surface area contributed by atoms with E-state index in [4.69, 9.17) is 0 Å². The van der Waals surface area contributed by atoms with Gasteiger partial charge in [-0.1, -0.05) is 56.4 Å². The van der Waals surface area contributed by atoms with E-state index in [1.54, 1.807) is 0 Å². The van der Waals surface area contributed by atoms with E-state index in [-0.39, 0.29) is 12.0 Å². The van der Waals surface area contributed by atoms with Crippen LogP contribution >= 0.6 is 0 Å². The number of benzene rings is 1. The Morgan fingerprint density at radius 1 is 0.909 bits per heavy atom. The number of carbonyl (C=O) groups is 1. The van der Waals surface area contributed by atoms with Crippen LogP contribution in [-0.4, -0.2) is 11.4 Å². The molecule has 120 valence electrons. The van der Waals surface area contributed by atoms with Gasteiger partial charge in [0.2, 0.25) is 0 Å². The van der Waals surface area contributed by atoms with E-state index < -0.39 is 0 Å². The Bertz CT molecular complexity index is 481. The molecule has 2 aliphatic carbocycles. The molecule has 0 saturated heterocycles. The Morgan fingerprint density at radius 3 is 1.86 bits per heavy atom. The van der Waals surface area contributed by atoms with Gasteiger partial charge in [-0.3, -0.25) is 0 Å². The molecule has 22 heavy (non-hydrogen) atoms. The molecule has 1 atom stereocenters. The first-order chi connectivity index (χ1) is 10.8. The summed E-state index contributed by atoms with van der Waals surface area (Å²) < 4.78 is 0. The first kappa shape index (κ1) is 15.7. The molecule has 0 spiro atoms. The van der Waals surface area contributed by atoms with Gasteiger partial charge in [-0.05, 0) is 48.6 Å². The van der Waals surface area contributed by atoms with Gasteiger partial charge in [0.1, 0.15) is 6.29 Å². The zero-order valence-electron chi connectivity index (χ0n) is 13.5. The lowest BCUT2D eigenvalue weighted by molar-refractivity contribution is -0.117. The number of hydrogen-bond donors (Lipinski definition) is 1. The van der Waals surface area contributed by atoms with E-state index in [2.05, 4.69) is 12.1 Å². The summed E-state index contributed by atoms with van der Waals surface area (Å²) in [5, 5.41) is 9.28. The maximum Gasteiger partial charge on any atom is 0.131 e. The maximum atomic E-state index is 12.4. The second kappa shape index (κ2) is 6.95. The van der Waals surface area contributed by atoms with Crippen LogP contribution < -0.4 is 0 Å². The van der Waals surface area contributed by atoms with Gasteiger partial charge in [0.05, 0.1) is 12.0 Å². The standard InChI is InChI=1S/C20H28O2/c21-14-16-10-12-19(13-11-16)20(15-22,18-8-4-5-9-18)17-6-2-1-3-7-17/h10-13,15,17-18,21H,1-9,14H2. The van der Waals surface area contributed by atoms with Gasteiger partial charge in [-0.25, -0.2) is 0 Å². The molecular formula is C20H28O2. The quantitative estimate of drug-likeness (QED) is 0.819. The highest BCUT2D eigenvalue weighted by Crippen LogP contribution is 2.50. The Labute approximate surface area is 133 Å². The molecule has 0 bridgehead atoms. The molecule has 2 nitrogen and oxygen atoms in total. The van der Waals surface area contributed by atoms with Crippen molar-refractivity contribution in [2.75, 3.05) is 0 Å². The molecule has 1 unspecified atom stereocenters. The van der Waals surface area contributed by atoms with E-state index in [9.17, 15) is 9.90 Å². The van der Waals surface area contributed by atoms with Crippen molar-refractivity contribution in [3.8, 4) is 0 Å². The maximum absolute atomic E-state index is 12.4. The number of carbonyl (C=O) groups excluding carboxylic acids is 1. The number of aliphatic hydroxyl groups is 1. The summed E-state index contributed by atoms with van der Waals surface area (Å²) in [5.74, 6) is 1.01. The zero-order valence-corrected chi connectivity index (χ0v) is 13.5. The minimum absolute atomic E-state index is 0.0707. The Morgan fingerprint density at radius 2 is 1.41 bits per heavy atom. The van der Waals surface area contributed by atoms with Gasteiger partial charge >= 0.3 is 0 Å². The molecule has 0 amide bonds. The second-order valence-electron chi connectivity index (χ2n) is 7.22. The van der Waals surface area contributed by atoms with Crippen molar-refractivity contribution in [3.05, 3.63) is 35.4 Å². The lowest BCUT2D eigenvalue weighted by Crippen LogP contribution is -2.44. The third-order valence-corrected chi connectivity index (χ3v) is 6.14. The molecule has 1 aromatic carbocycles. The number of rotatable bonds is 5.